The molecule has 0 saturated heterocycles. The van der Waals surface area contributed by atoms with E-state index in [1.807, 2.05) is 24.3 Å². The van der Waals surface area contributed by atoms with Crippen LogP contribution in [0.2, 0.25) is 5.02 Å². The van der Waals surface area contributed by atoms with Gasteiger partial charge in [0, 0.05) is 36.3 Å². The number of ether oxygens (including phenoxy) is 2. The molecule has 0 atom stereocenters. The highest BCUT2D eigenvalue weighted by molar-refractivity contribution is 14.0. The van der Waals surface area contributed by atoms with E-state index in [1.54, 1.807) is 7.05 Å². The number of benzene rings is 2. The lowest BCUT2D eigenvalue weighted by atomic mass is 10.1. The first-order chi connectivity index (χ1) is 12.2. The number of rotatable bonds is 4. The molecule has 140 valence electrons. The summed E-state index contributed by atoms with van der Waals surface area (Å²) in [6.45, 7) is 1.52. The minimum atomic E-state index is -0.311. The highest BCUT2D eigenvalue weighted by Gasteiger charge is 2.17. The van der Waals surface area contributed by atoms with Gasteiger partial charge in [0.15, 0.2) is 12.8 Å². The molecule has 8 heteroatoms. The lowest BCUT2D eigenvalue weighted by Gasteiger charge is -2.21. The van der Waals surface area contributed by atoms with Crippen LogP contribution in [0.1, 0.15) is 16.7 Å². The predicted octanol–water partition coefficient (Wildman–Crippen LogP) is 3.83. The standard InChI is InChI=1S/C18H19ClFN3O2.HI/c1-21-18(22-8-12-2-4-15(19)5-3-12)23-9-13-6-16(20)7-14-10-24-11-25-17(13)14;/h2-7H,8-11H2,1H3,(H2,21,22,23);1H. The quantitative estimate of drug-likeness (QED) is 0.388. The molecule has 0 aliphatic carbocycles. The Balaban J connectivity index is 0.00000243. The first kappa shape index (κ1) is 20.7. The fourth-order valence-corrected chi connectivity index (χ4v) is 2.70. The predicted molar refractivity (Wildman–Crippen MR) is 111 cm³/mol. The molecule has 0 fully saturated rings. The molecule has 2 aromatic rings. The Bertz CT molecular complexity index is 772. The Hall–Kier alpha value is -1.58. The van der Waals surface area contributed by atoms with E-state index in [-0.39, 0.29) is 36.6 Å². The minimum absolute atomic E-state index is 0. The van der Waals surface area contributed by atoms with Crippen molar-refractivity contribution in [3.05, 3.63) is 63.9 Å². The zero-order valence-corrected chi connectivity index (χ0v) is 17.3. The van der Waals surface area contributed by atoms with E-state index >= 15 is 0 Å². The van der Waals surface area contributed by atoms with Gasteiger partial charge in [0.25, 0.3) is 0 Å². The maximum absolute atomic E-state index is 13.8. The summed E-state index contributed by atoms with van der Waals surface area (Å²) in [5, 5.41) is 7.08. The van der Waals surface area contributed by atoms with Crippen molar-refractivity contribution in [3.8, 4) is 5.75 Å². The van der Waals surface area contributed by atoms with Gasteiger partial charge in [-0.2, -0.15) is 0 Å². The van der Waals surface area contributed by atoms with Crippen LogP contribution >= 0.6 is 35.6 Å². The van der Waals surface area contributed by atoms with E-state index in [2.05, 4.69) is 15.6 Å². The Morgan fingerprint density at radius 2 is 1.92 bits per heavy atom. The number of aliphatic imine (C=N–C) groups is 1. The number of nitrogens with one attached hydrogen (secondary N) is 2. The average Bonchev–Trinajstić information content (AvgIpc) is 2.63. The molecule has 26 heavy (non-hydrogen) atoms. The van der Waals surface area contributed by atoms with Gasteiger partial charge in [-0.05, 0) is 29.8 Å². The summed E-state index contributed by atoms with van der Waals surface area (Å²) in [7, 11) is 1.68. The van der Waals surface area contributed by atoms with Gasteiger partial charge in [-0.25, -0.2) is 4.39 Å². The molecule has 1 heterocycles. The largest absolute Gasteiger partial charge is 0.467 e. The van der Waals surface area contributed by atoms with Gasteiger partial charge < -0.3 is 20.1 Å². The SMILES string of the molecule is CN=C(NCc1ccc(Cl)cc1)NCc1cc(F)cc2c1OCOC2.I. The number of hydrogen-bond acceptors (Lipinski definition) is 3. The second-order valence-corrected chi connectivity index (χ2v) is 6.01. The summed E-state index contributed by atoms with van der Waals surface area (Å²) in [6.07, 6.45) is 0. The Morgan fingerprint density at radius 1 is 1.19 bits per heavy atom. The number of nitrogens with zero attached hydrogens (tertiary/aromatic N) is 1. The minimum Gasteiger partial charge on any atom is -0.467 e. The van der Waals surface area contributed by atoms with Gasteiger partial charge in [-0.1, -0.05) is 23.7 Å². The van der Waals surface area contributed by atoms with Crippen LogP contribution in [-0.4, -0.2) is 19.8 Å². The summed E-state index contributed by atoms with van der Waals surface area (Å²) in [6, 6.07) is 10.5. The number of fused-ring (bicyclic) bond motifs is 1. The molecule has 0 bridgehead atoms. The van der Waals surface area contributed by atoms with Crippen molar-refractivity contribution < 1.29 is 13.9 Å². The van der Waals surface area contributed by atoms with E-state index in [4.69, 9.17) is 21.1 Å². The molecule has 3 rings (SSSR count). The van der Waals surface area contributed by atoms with Crippen molar-refractivity contribution in [1.82, 2.24) is 10.6 Å². The van der Waals surface area contributed by atoms with Gasteiger partial charge in [-0.3, -0.25) is 4.99 Å². The normalized spacial score (nSPS) is 13.3. The molecule has 2 N–H and O–H groups in total. The summed E-state index contributed by atoms with van der Waals surface area (Å²) in [4.78, 5) is 4.18. The Morgan fingerprint density at radius 3 is 2.65 bits per heavy atom. The number of hydrogen-bond donors (Lipinski definition) is 2. The van der Waals surface area contributed by atoms with E-state index in [0.717, 1.165) is 11.1 Å². The fourth-order valence-electron chi connectivity index (χ4n) is 2.58. The highest BCUT2D eigenvalue weighted by atomic mass is 127. The van der Waals surface area contributed by atoms with Crippen LogP contribution in [0, 0.1) is 5.82 Å². The Kier molecular flexibility index (Phi) is 7.92. The van der Waals surface area contributed by atoms with Crippen LogP contribution in [0.5, 0.6) is 5.75 Å². The van der Waals surface area contributed by atoms with Crippen LogP contribution < -0.4 is 15.4 Å². The first-order valence-corrected chi connectivity index (χ1v) is 8.24. The summed E-state index contributed by atoms with van der Waals surface area (Å²) in [5.41, 5.74) is 2.52. The van der Waals surface area contributed by atoms with Crippen LogP contribution in [-0.2, 0) is 24.4 Å². The third kappa shape index (κ3) is 5.46. The third-order valence-electron chi connectivity index (χ3n) is 3.79. The summed E-state index contributed by atoms with van der Waals surface area (Å²) in [5.74, 6) is 0.974. The van der Waals surface area contributed by atoms with Gasteiger partial charge in [0.2, 0.25) is 0 Å². The molecule has 0 saturated carbocycles. The lowest BCUT2D eigenvalue weighted by molar-refractivity contribution is -0.0172. The zero-order valence-electron chi connectivity index (χ0n) is 14.2. The van der Waals surface area contributed by atoms with E-state index in [9.17, 15) is 4.39 Å². The molecule has 1 aliphatic heterocycles. The van der Waals surface area contributed by atoms with Crippen molar-refractivity contribution in [2.45, 2.75) is 19.7 Å². The molecule has 5 nitrogen and oxygen atoms in total. The fraction of sp³-hybridized carbons (Fsp3) is 0.278. The maximum Gasteiger partial charge on any atom is 0.191 e. The topological polar surface area (TPSA) is 54.9 Å². The second-order valence-electron chi connectivity index (χ2n) is 5.57. The van der Waals surface area contributed by atoms with Gasteiger partial charge >= 0.3 is 0 Å². The number of halogens is 3. The van der Waals surface area contributed by atoms with Crippen LogP contribution in [0.3, 0.4) is 0 Å². The van der Waals surface area contributed by atoms with Crippen LogP contribution in [0.25, 0.3) is 0 Å². The van der Waals surface area contributed by atoms with E-state index < -0.39 is 0 Å². The average molecular weight is 492 g/mol. The van der Waals surface area contributed by atoms with Crippen molar-refractivity contribution in [3.63, 3.8) is 0 Å². The summed E-state index contributed by atoms with van der Waals surface area (Å²) < 4.78 is 24.5. The van der Waals surface area contributed by atoms with Crippen molar-refractivity contribution in [1.29, 1.82) is 0 Å². The van der Waals surface area contributed by atoms with Gasteiger partial charge in [-0.15, -0.1) is 24.0 Å². The van der Waals surface area contributed by atoms with Crippen molar-refractivity contribution in [2.75, 3.05) is 13.8 Å². The molecule has 1 aliphatic rings. The van der Waals surface area contributed by atoms with E-state index in [1.165, 1.54) is 12.1 Å². The van der Waals surface area contributed by atoms with Gasteiger partial charge in [0.05, 0.1) is 6.61 Å². The molecule has 2 aromatic carbocycles. The van der Waals surface area contributed by atoms with E-state index in [0.29, 0.717) is 42.0 Å². The molecular weight excluding hydrogens is 472 g/mol. The molecular formula is C18H20ClFIN3O2. The molecule has 0 unspecified atom stereocenters. The zero-order chi connectivity index (χ0) is 17.6. The first-order valence-electron chi connectivity index (χ1n) is 7.86. The lowest BCUT2D eigenvalue weighted by Crippen LogP contribution is -2.36. The molecule has 0 spiro atoms. The smallest absolute Gasteiger partial charge is 0.191 e. The Labute approximate surface area is 174 Å². The molecule has 0 radical (unpaired) electrons. The van der Waals surface area contributed by atoms with Crippen LogP contribution in [0.4, 0.5) is 4.39 Å². The molecule has 0 amide bonds. The molecule has 0 aromatic heterocycles. The van der Waals surface area contributed by atoms with Crippen molar-refractivity contribution >= 4 is 41.5 Å². The highest BCUT2D eigenvalue weighted by Crippen LogP contribution is 2.29. The maximum atomic E-state index is 13.8. The van der Waals surface area contributed by atoms with Crippen molar-refractivity contribution in [2.24, 2.45) is 4.99 Å². The number of guanidine groups is 1. The monoisotopic (exact) mass is 491 g/mol. The summed E-state index contributed by atoms with van der Waals surface area (Å²) >= 11 is 5.88. The van der Waals surface area contributed by atoms with Crippen LogP contribution in [0.15, 0.2) is 41.4 Å². The third-order valence-corrected chi connectivity index (χ3v) is 4.05. The van der Waals surface area contributed by atoms with Gasteiger partial charge in [0.1, 0.15) is 11.6 Å². The second kappa shape index (κ2) is 9.94.